The molecule has 1 rings (SSSR count). The van der Waals surface area contributed by atoms with Crippen LogP contribution in [-0.4, -0.2) is 35.2 Å². The van der Waals surface area contributed by atoms with Gasteiger partial charge in [-0.2, -0.15) is 0 Å². The van der Waals surface area contributed by atoms with Crippen molar-refractivity contribution < 1.29 is 19.4 Å². The maximum atomic E-state index is 11.5. The van der Waals surface area contributed by atoms with Gasteiger partial charge in [-0.3, -0.25) is 9.59 Å². The Morgan fingerprint density at radius 3 is 2.67 bits per heavy atom. The van der Waals surface area contributed by atoms with Crippen LogP contribution in [0.15, 0.2) is 0 Å². The molecule has 0 aromatic heterocycles. The summed E-state index contributed by atoms with van der Waals surface area (Å²) in [5.41, 5.74) is 0. The van der Waals surface area contributed by atoms with Crippen LogP contribution in [0.3, 0.4) is 0 Å². The number of hydrogen-bond acceptors (Lipinski definition) is 3. The zero-order valence-electron chi connectivity index (χ0n) is 9.03. The van der Waals surface area contributed by atoms with E-state index in [-0.39, 0.29) is 12.0 Å². The van der Waals surface area contributed by atoms with Crippen LogP contribution in [0.4, 0.5) is 0 Å². The first-order valence-electron chi connectivity index (χ1n) is 5.23. The maximum absolute atomic E-state index is 11.5. The smallest absolute Gasteiger partial charge is 0.325 e. The highest BCUT2D eigenvalue weighted by atomic mass is 16.5. The van der Waals surface area contributed by atoms with Crippen LogP contribution in [0.1, 0.15) is 33.1 Å². The van der Waals surface area contributed by atoms with Crippen LogP contribution in [0.5, 0.6) is 0 Å². The topological polar surface area (TPSA) is 75.6 Å². The molecule has 1 amide bonds. The van der Waals surface area contributed by atoms with Gasteiger partial charge < -0.3 is 15.2 Å². The SMILES string of the molecule is CCC1CCC(C(=O)N[C@H](C)C(=O)O)O1. The number of carboxylic acids is 1. The molecular weight excluding hydrogens is 198 g/mol. The van der Waals surface area contributed by atoms with Gasteiger partial charge in [-0.15, -0.1) is 0 Å². The van der Waals surface area contributed by atoms with E-state index in [1.807, 2.05) is 6.92 Å². The third kappa shape index (κ3) is 3.20. The van der Waals surface area contributed by atoms with Crippen molar-refractivity contribution in [2.24, 2.45) is 0 Å². The highest BCUT2D eigenvalue weighted by molar-refractivity contribution is 5.86. The molecule has 15 heavy (non-hydrogen) atoms. The Morgan fingerprint density at radius 1 is 1.53 bits per heavy atom. The molecule has 0 radical (unpaired) electrons. The number of rotatable bonds is 4. The Kier molecular flexibility index (Phi) is 4.08. The molecule has 3 atom stereocenters. The van der Waals surface area contributed by atoms with Crippen molar-refractivity contribution >= 4 is 11.9 Å². The summed E-state index contributed by atoms with van der Waals surface area (Å²) in [6.07, 6.45) is 2.10. The molecule has 2 unspecified atom stereocenters. The first-order chi connectivity index (χ1) is 7.04. The number of amides is 1. The zero-order valence-corrected chi connectivity index (χ0v) is 9.03. The van der Waals surface area contributed by atoms with E-state index in [9.17, 15) is 9.59 Å². The van der Waals surface area contributed by atoms with Crippen molar-refractivity contribution in [3.05, 3.63) is 0 Å². The Hall–Kier alpha value is -1.10. The zero-order chi connectivity index (χ0) is 11.4. The fourth-order valence-electron chi connectivity index (χ4n) is 1.57. The van der Waals surface area contributed by atoms with Crippen LogP contribution >= 0.6 is 0 Å². The predicted molar refractivity (Wildman–Crippen MR) is 53.4 cm³/mol. The first kappa shape index (κ1) is 12.0. The normalized spacial score (nSPS) is 27.3. The largest absolute Gasteiger partial charge is 0.480 e. The lowest BCUT2D eigenvalue weighted by atomic mass is 10.1. The van der Waals surface area contributed by atoms with Crippen LogP contribution in [-0.2, 0) is 14.3 Å². The van der Waals surface area contributed by atoms with E-state index in [4.69, 9.17) is 9.84 Å². The summed E-state index contributed by atoms with van der Waals surface area (Å²) in [4.78, 5) is 22.0. The molecule has 0 aromatic carbocycles. The molecule has 1 fully saturated rings. The number of carbonyl (C=O) groups excluding carboxylic acids is 1. The lowest BCUT2D eigenvalue weighted by molar-refractivity contribution is -0.143. The minimum Gasteiger partial charge on any atom is -0.480 e. The Labute approximate surface area is 88.8 Å². The summed E-state index contributed by atoms with van der Waals surface area (Å²) in [5.74, 6) is -1.35. The van der Waals surface area contributed by atoms with Gasteiger partial charge >= 0.3 is 5.97 Å². The molecule has 1 aliphatic rings. The van der Waals surface area contributed by atoms with Gasteiger partial charge in [-0.05, 0) is 26.2 Å². The third-order valence-corrected chi connectivity index (χ3v) is 2.58. The van der Waals surface area contributed by atoms with Crippen LogP contribution < -0.4 is 5.32 Å². The molecule has 2 N–H and O–H groups in total. The van der Waals surface area contributed by atoms with Crippen molar-refractivity contribution in [2.75, 3.05) is 0 Å². The fraction of sp³-hybridized carbons (Fsp3) is 0.800. The van der Waals surface area contributed by atoms with E-state index in [1.165, 1.54) is 6.92 Å². The van der Waals surface area contributed by atoms with Crippen LogP contribution in [0, 0.1) is 0 Å². The van der Waals surface area contributed by atoms with Gasteiger partial charge in [-0.1, -0.05) is 6.92 Å². The van der Waals surface area contributed by atoms with E-state index in [0.29, 0.717) is 6.42 Å². The molecule has 86 valence electrons. The van der Waals surface area contributed by atoms with E-state index in [1.54, 1.807) is 0 Å². The predicted octanol–water partition coefficient (Wildman–Crippen LogP) is 0.533. The quantitative estimate of drug-likeness (QED) is 0.717. The lowest BCUT2D eigenvalue weighted by Gasteiger charge is -2.14. The second-order valence-electron chi connectivity index (χ2n) is 3.80. The van der Waals surface area contributed by atoms with Crippen LogP contribution in [0.2, 0.25) is 0 Å². The lowest BCUT2D eigenvalue weighted by Crippen LogP contribution is -2.43. The number of carbonyl (C=O) groups is 2. The standard InChI is InChI=1S/C10H17NO4/c1-3-7-4-5-8(15-7)9(12)11-6(2)10(13)14/h6-8H,3-5H2,1-2H3,(H,11,12)(H,13,14)/t6-,7?,8?/m1/s1. The van der Waals surface area contributed by atoms with Gasteiger partial charge in [-0.25, -0.2) is 0 Å². The van der Waals surface area contributed by atoms with Crippen molar-refractivity contribution in [1.29, 1.82) is 0 Å². The molecule has 5 heteroatoms. The van der Waals surface area contributed by atoms with Gasteiger partial charge in [0.1, 0.15) is 12.1 Å². The maximum Gasteiger partial charge on any atom is 0.325 e. The minimum atomic E-state index is -1.03. The van der Waals surface area contributed by atoms with Crippen LogP contribution in [0.25, 0.3) is 0 Å². The second kappa shape index (κ2) is 5.11. The molecule has 0 aromatic rings. The summed E-state index contributed by atoms with van der Waals surface area (Å²) in [6.45, 7) is 3.44. The minimum absolute atomic E-state index is 0.140. The summed E-state index contributed by atoms with van der Waals surface area (Å²) >= 11 is 0. The molecule has 0 aliphatic carbocycles. The van der Waals surface area contributed by atoms with Gasteiger partial charge in [0.15, 0.2) is 0 Å². The molecule has 5 nitrogen and oxygen atoms in total. The Balaban J connectivity index is 2.38. The van der Waals surface area contributed by atoms with E-state index < -0.39 is 18.1 Å². The molecule has 1 heterocycles. The van der Waals surface area contributed by atoms with Crippen molar-refractivity contribution in [3.63, 3.8) is 0 Å². The van der Waals surface area contributed by atoms with Gasteiger partial charge in [0.25, 0.3) is 0 Å². The molecule has 1 aliphatic heterocycles. The van der Waals surface area contributed by atoms with Crippen molar-refractivity contribution in [3.8, 4) is 0 Å². The summed E-state index contributed by atoms with van der Waals surface area (Å²) < 4.78 is 5.45. The monoisotopic (exact) mass is 215 g/mol. The van der Waals surface area contributed by atoms with Crippen molar-refractivity contribution in [2.45, 2.75) is 51.4 Å². The Morgan fingerprint density at radius 2 is 2.20 bits per heavy atom. The summed E-state index contributed by atoms with van der Waals surface area (Å²) in [7, 11) is 0. The highest BCUT2D eigenvalue weighted by Crippen LogP contribution is 2.21. The average Bonchev–Trinajstić information content (AvgIpc) is 2.65. The molecule has 0 spiro atoms. The molecular formula is C10H17NO4. The molecule has 0 bridgehead atoms. The van der Waals surface area contributed by atoms with Gasteiger partial charge in [0.2, 0.25) is 5.91 Å². The average molecular weight is 215 g/mol. The fourth-order valence-corrected chi connectivity index (χ4v) is 1.57. The van der Waals surface area contributed by atoms with E-state index in [2.05, 4.69) is 5.32 Å². The Bertz CT molecular complexity index is 254. The van der Waals surface area contributed by atoms with Gasteiger partial charge in [0, 0.05) is 0 Å². The first-order valence-corrected chi connectivity index (χ1v) is 5.23. The number of hydrogen-bond donors (Lipinski definition) is 2. The van der Waals surface area contributed by atoms with E-state index >= 15 is 0 Å². The molecule has 1 saturated heterocycles. The number of aliphatic carboxylic acids is 1. The number of carboxylic acid groups (broad SMARTS) is 1. The number of ether oxygens (including phenoxy) is 1. The molecule has 0 saturated carbocycles. The summed E-state index contributed by atoms with van der Waals surface area (Å²) in [5, 5.41) is 11.0. The highest BCUT2D eigenvalue weighted by Gasteiger charge is 2.30. The number of nitrogens with one attached hydrogen (secondary N) is 1. The second-order valence-corrected chi connectivity index (χ2v) is 3.80. The van der Waals surface area contributed by atoms with Crippen molar-refractivity contribution in [1.82, 2.24) is 5.32 Å². The third-order valence-electron chi connectivity index (χ3n) is 2.58. The van der Waals surface area contributed by atoms with E-state index in [0.717, 1.165) is 12.8 Å². The van der Waals surface area contributed by atoms with Gasteiger partial charge in [0.05, 0.1) is 6.10 Å². The summed E-state index contributed by atoms with van der Waals surface area (Å²) in [6, 6.07) is -0.859.